The molecular weight excluding hydrogens is 304 g/mol. The van der Waals surface area contributed by atoms with Crippen LogP contribution in [0.1, 0.15) is 25.5 Å². The molecule has 23 heavy (non-hydrogen) atoms. The molecule has 0 aromatic heterocycles. The molecule has 0 aliphatic rings. The molecule has 0 N–H and O–H groups in total. The highest BCUT2D eigenvalue weighted by Gasteiger charge is 2.31. The highest BCUT2D eigenvalue weighted by molar-refractivity contribution is 5.67. The van der Waals surface area contributed by atoms with Crippen molar-refractivity contribution >= 4 is 11.8 Å². The minimum atomic E-state index is -0.787. The van der Waals surface area contributed by atoms with Crippen LogP contribution in [0.2, 0.25) is 0 Å². The average Bonchev–Trinajstić information content (AvgIpc) is 2.50. The third kappa shape index (κ3) is 4.24. The number of rotatable bonds is 6. The number of nitro groups is 1. The summed E-state index contributed by atoms with van der Waals surface area (Å²) in [7, 11) is 5.92. The van der Waals surface area contributed by atoms with Gasteiger partial charge in [0.05, 0.1) is 30.8 Å². The zero-order valence-corrected chi connectivity index (χ0v) is 14.2. The van der Waals surface area contributed by atoms with Crippen LogP contribution in [0.15, 0.2) is 12.1 Å². The van der Waals surface area contributed by atoms with Crippen LogP contribution in [0.4, 0.5) is 10.5 Å². The van der Waals surface area contributed by atoms with Gasteiger partial charge < -0.3 is 19.1 Å². The molecule has 0 fully saturated rings. The molecule has 0 radical (unpaired) electrons. The van der Waals surface area contributed by atoms with Crippen molar-refractivity contribution in [1.29, 1.82) is 0 Å². The van der Waals surface area contributed by atoms with E-state index in [4.69, 9.17) is 14.2 Å². The summed E-state index contributed by atoms with van der Waals surface area (Å²) in [5, 5.41) is 11.4. The number of nitro benzene ring substituents is 1. The van der Waals surface area contributed by atoms with Crippen LogP contribution in [0, 0.1) is 16.0 Å². The zero-order chi connectivity index (χ0) is 17.7. The summed E-state index contributed by atoms with van der Waals surface area (Å²) in [6.45, 7) is 3.63. The van der Waals surface area contributed by atoms with E-state index in [0.29, 0.717) is 5.75 Å². The molecule has 0 heterocycles. The Kier molecular flexibility index (Phi) is 6.18. The highest BCUT2D eigenvalue weighted by atomic mass is 16.6. The summed E-state index contributed by atoms with van der Waals surface area (Å²) in [5.41, 5.74) is 0.0748. The molecule has 1 atom stereocenters. The average molecular weight is 326 g/mol. The first-order valence-corrected chi connectivity index (χ1v) is 7.01. The SMILES string of the molecule is COc1cc(C(OC(=O)N(C)C)C(C)C)c([N+](=O)[O-])cc1OC. The predicted octanol–water partition coefficient (Wildman–Crippen LogP) is 3.01. The number of methoxy groups -OCH3 is 2. The molecule has 1 amide bonds. The monoisotopic (exact) mass is 326 g/mol. The molecule has 0 bridgehead atoms. The van der Waals surface area contributed by atoms with E-state index in [1.54, 1.807) is 14.1 Å². The van der Waals surface area contributed by atoms with Crippen molar-refractivity contribution < 1.29 is 23.9 Å². The second-order valence-corrected chi connectivity index (χ2v) is 5.47. The number of nitrogens with zero attached hydrogens (tertiary/aromatic N) is 2. The Labute approximate surface area is 135 Å². The minimum absolute atomic E-state index is 0.171. The maximum atomic E-state index is 11.9. The van der Waals surface area contributed by atoms with Gasteiger partial charge in [-0.3, -0.25) is 10.1 Å². The molecule has 1 unspecified atom stereocenters. The van der Waals surface area contributed by atoms with Crippen LogP contribution >= 0.6 is 0 Å². The van der Waals surface area contributed by atoms with E-state index in [2.05, 4.69) is 0 Å². The smallest absolute Gasteiger partial charge is 0.409 e. The second kappa shape index (κ2) is 7.66. The van der Waals surface area contributed by atoms with Crippen molar-refractivity contribution in [3.05, 3.63) is 27.8 Å². The lowest BCUT2D eigenvalue weighted by Gasteiger charge is -2.24. The Morgan fingerprint density at radius 1 is 1.17 bits per heavy atom. The van der Waals surface area contributed by atoms with E-state index in [1.807, 2.05) is 13.8 Å². The molecular formula is C15H22N2O6. The van der Waals surface area contributed by atoms with Crippen LogP contribution < -0.4 is 9.47 Å². The van der Waals surface area contributed by atoms with Crippen molar-refractivity contribution in [3.63, 3.8) is 0 Å². The van der Waals surface area contributed by atoms with Crippen LogP contribution in [0.5, 0.6) is 11.5 Å². The van der Waals surface area contributed by atoms with Crippen LogP contribution in [0.25, 0.3) is 0 Å². The lowest BCUT2D eigenvalue weighted by Crippen LogP contribution is -2.27. The van der Waals surface area contributed by atoms with Crippen molar-refractivity contribution in [2.75, 3.05) is 28.3 Å². The molecule has 1 aromatic carbocycles. The molecule has 0 aliphatic carbocycles. The predicted molar refractivity (Wildman–Crippen MR) is 83.9 cm³/mol. The molecule has 0 saturated heterocycles. The number of hydrogen-bond acceptors (Lipinski definition) is 6. The van der Waals surface area contributed by atoms with Gasteiger partial charge in [-0.25, -0.2) is 4.79 Å². The molecule has 0 saturated carbocycles. The molecule has 0 spiro atoms. The number of hydrogen-bond donors (Lipinski definition) is 0. The van der Waals surface area contributed by atoms with Gasteiger partial charge >= 0.3 is 6.09 Å². The van der Waals surface area contributed by atoms with Gasteiger partial charge in [-0.2, -0.15) is 0 Å². The van der Waals surface area contributed by atoms with Crippen LogP contribution in [-0.2, 0) is 4.74 Å². The summed E-state index contributed by atoms with van der Waals surface area (Å²) in [6, 6.07) is 2.75. The molecule has 8 nitrogen and oxygen atoms in total. The summed E-state index contributed by atoms with van der Waals surface area (Å²) in [6.07, 6.45) is -1.36. The van der Waals surface area contributed by atoms with Gasteiger partial charge in [-0.1, -0.05) is 13.8 Å². The van der Waals surface area contributed by atoms with Crippen molar-refractivity contribution in [1.82, 2.24) is 4.90 Å². The van der Waals surface area contributed by atoms with Gasteiger partial charge in [0.25, 0.3) is 5.69 Å². The fraction of sp³-hybridized carbons (Fsp3) is 0.533. The maximum absolute atomic E-state index is 11.9. The topological polar surface area (TPSA) is 91.1 Å². The molecule has 1 rings (SSSR count). The first-order chi connectivity index (χ1) is 10.7. The van der Waals surface area contributed by atoms with E-state index in [9.17, 15) is 14.9 Å². The highest BCUT2D eigenvalue weighted by Crippen LogP contribution is 2.40. The zero-order valence-electron chi connectivity index (χ0n) is 14.2. The normalized spacial score (nSPS) is 11.8. The third-order valence-corrected chi connectivity index (χ3v) is 3.23. The number of amides is 1. The molecule has 128 valence electrons. The van der Waals surface area contributed by atoms with E-state index in [1.165, 1.54) is 31.3 Å². The number of benzene rings is 1. The van der Waals surface area contributed by atoms with Gasteiger partial charge in [0.2, 0.25) is 0 Å². The number of carbonyl (C=O) groups excluding carboxylic acids is 1. The molecule has 0 aliphatic heterocycles. The first-order valence-electron chi connectivity index (χ1n) is 7.01. The molecule has 1 aromatic rings. The Bertz CT molecular complexity index is 586. The fourth-order valence-electron chi connectivity index (χ4n) is 2.04. The van der Waals surface area contributed by atoms with Gasteiger partial charge in [0.15, 0.2) is 11.5 Å². The van der Waals surface area contributed by atoms with E-state index in [0.717, 1.165) is 0 Å². The second-order valence-electron chi connectivity index (χ2n) is 5.47. The Morgan fingerprint density at radius 3 is 2.09 bits per heavy atom. The van der Waals surface area contributed by atoms with Crippen LogP contribution in [-0.4, -0.2) is 44.2 Å². The standard InChI is InChI=1S/C15H22N2O6/c1-9(2)14(23-15(18)16(3)4)10-7-12(21-5)13(22-6)8-11(10)17(19)20/h7-9,14H,1-6H3. The lowest BCUT2D eigenvalue weighted by molar-refractivity contribution is -0.386. The summed E-state index contributed by atoms with van der Waals surface area (Å²) in [5.74, 6) is 0.403. The van der Waals surface area contributed by atoms with Crippen LogP contribution in [0.3, 0.4) is 0 Å². The minimum Gasteiger partial charge on any atom is -0.493 e. The maximum Gasteiger partial charge on any atom is 0.409 e. The van der Waals surface area contributed by atoms with E-state index >= 15 is 0 Å². The summed E-state index contributed by atoms with van der Waals surface area (Å²) in [4.78, 5) is 24.0. The van der Waals surface area contributed by atoms with Crippen molar-refractivity contribution in [2.24, 2.45) is 5.92 Å². The fourth-order valence-corrected chi connectivity index (χ4v) is 2.04. The Morgan fingerprint density at radius 2 is 1.70 bits per heavy atom. The third-order valence-electron chi connectivity index (χ3n) is 3.23. The van der Waals surface area contributed by atoms with E-state index < -0.39 is 17.1 Å². The number of ether oxygens (including phenoxy) is 3. The summed E-state index contributed by atoms with van der Waals surface area (Å²) >= 11 is 0. The quantitative estimate of drug-likeness (QED) is 0.589. The van der Waals surface area contributed by atoms with Gasteiger partial charge in [-0.15, -0.1) is 0 Å². The molecule has 8 heteroatoms. The van der Waals surface area contributed by atoms with Crippen molar-refractivity contribution in [3.8, 4) is 11.5 Å². The van der Waals surface area contributed by atoms with Gasteiger partial charge in [-0.05, 0) is 12.0 Å². The summed E-state index contributed by atoms with van der Waals surface area (Å²) < 4.78 is 15.7. The first kappa shape index (κ1) is 18.5. The van der Waals surface area contributed by atoms with E-state index in [-0.39, 0.29) is 22.9 Å². The van der Waals surface area contributed by atoms with Gasteiger partial charge in [0.1, 0.15) is 6.10 Å². The number of carbonyl (C=O) groups is 1. The Balaban J connectivity index is 3.44. The van der Waals surface area contributed by atoms with Gasteiger partial charge in [0, 0.05) is 14.1 Å². The largest absolute Gasteiger partial charge is 0.493 e. The lowest BCUT2D eigenvalue weighted by atomic mass is 9.96. The van der Waals surface area contributed by atoms with Crippen molar-refractivity contribution in [2.45, 2.75) is 20.0 Å². The Hall–Kier alpha value is -2.51.